The molecule has 1 aromatic rings. The van der Waals surface area contributed by atoms with Gasteiger partial charge in [0.2, 0.25) is 0 Å². The Balaban J connectivity index is 2.45. The predicted octanol–water partition coefficient (Wildman–Crippen LogP) is 4.23. The van der Waals surface area contributed by atoms with Crippen molar-refractivity contribution in [3.8, 4) is 6.07 Å². The van der Waals surface area contributed by atoms with Crippen molar-refractivity contribution in [2.75, 3.05) is 0 Å². The van der Waals surface area contributed by atoms with Gasteiger partial charge in [-0.15, -0.1) is 0 Å². The van der Waals surface area contributed by atoms with Gasteiger partial charge in [-0.05, 0) is 51.5 Å². The third-order valence-corrected chi connectivity index (χ3v) is 5.12. The van der Waals surface area contributed by atoms with Crippen LogP contribution in [0.15, 0.2) is 18.2 Å². The van der Waals surface area contributed by atoms with Crippen molar-refractivity contribution >= 4 is 0 Å². The van der Waals surface area contributed by atoms with Gasteiger partial charge in [-0.1, -0.05) is 42.7 Å². The second kappa shape index (κ2) is 5.22. The highest BCUT2D eigenvalue weighted by Gasteiger charge is 2.52. The van der Waals surface area contributed by atoms with Gasteiger partial charge in [0, 0.05) is 0 Å². The van der Waals surface area contributed by atoms with Gasteiger partial charge in [-0.25, -0.2) is 0 Å². The van der Waals surface area contributed by atoms with E-state index in [-0.39, 0.29) is 0 Å². The molecule has 1 aromatic carbocycles. The third kappa shape index (κ3) is 2.36. The fourth-order valence-corrected chi connectivity index (χ4v) is 3.68. The van der Waals surface area contributed by atoms with Crippen LogP contribution in [0.25, 0.3) is 0 Å². The Morgan fingerprint density at radius 1 is 1.35 bits per heavy atom. The number of nitrogens with zero attached hydrogens (tertiary/aromatic N) is 1. The molecule has 0 bridgehead atoms. The van der Waals surface area contributed by atoms with Crippen molar-refractivity contribution in [3.63, 3.8) is 0 Å². The average molecular weight is 271 g/mol. The van der Waals surface area contributed by atoms with Crippen LogP contribution in [0.4, 0.5) is 0 Å². The first-order valence-electron chi connectivity index (χ1n) is 7.57. The van der Waals surface area contributed by atoms with Gasteiger partial charge < -0.3 is 5.11 Å². The van der Waals surface area contributed by atoms with E-state index in [1.165, 1.54) is 0 Å². The molecule has 20 heavy (non-hydrogen) atoms. The molecule has 0 spiro atoms. The molecule has 108 valence electrons. The molecule has 1 N–H and O–H groups in total. The number of rotatable bonds is 3. The Hall–Kier alpha value is -1.33. The molecule has 3 atom stereocenters. The Kier molecular flexibility index (Phi) is 3.93. The van der Waals surface area contributed by atoms with Crippen molar-refractivity contribution in [2.45, 2.75) is 59.0 Å². The third-order valence-electron chi connectivity index (χ3n) is 5.12. The lowest BCUT2D eigenvalue weighted by Gasteiger charge is -2.38. The van der Waals surface area contributed by atoms with Crippen LogP contribution in [-0.4, -0.2) is 5.11 Å². The molecule has 1 fully saturated rings. The SMILES string of the molecule is CCC1CCC(C#N)(C(C)(O)c2cc(C)cc(C)c2)C1. The van der Waals surface area contributed by atoms with Crippen molar-refractivity contribution < 1.29 is 5.11 Å². The van der Waals surface area contributed by atoms with Crippen LogP contribution in [0.2, 0.25) is 0 Å². The van der Waals surface area contributed by atoms with Crippen LogP contribution >= 0.6 is 0 Å². The largest absolute Gasteiger partial charge is 0.384 e. The van der Waals surface area contributed by atoms with Gasteiger partial charge in [0.25, 0.3) is 0 Å². The Bertz CT molecular complexity index is 521. The second-order valence-corrected chi connectivity index (χ2v) is 6.66. The molecule has 0 aromatic heterocycles. The lowest BCUT2D eigenvalue weighted by molar-refractivity contribution is -0.0443. The smallest absolute Gasteiger partial charge is 0.105 e. The maximum absolute atomic E-state index is 11.2. The molecular formula is C18H25NO. The van der Waals surface area contributed by atoms with E-state index in [2.05, 4.69) is 19.1 Å². The highest BCUT2D eigenvalue weighted by Crippen LogP contribution is 2.53. The zero-order valence-corrected chi connectivity index (χ0v) is 13.0. The number of hydrogen-bond acceptors (Lipinski definition) is 2. The van der Waals surface area contributed by atoms with Gasteiger partial charge >= 0.3 is 0 Å². The van der Waals surface area contributed by atoms with E-state index in [4.69, 9.17) is 0 Å². The Morgan fingerprint density at radius 2 is 1.95 bits per heavy atom. The number of aryl methyl sites for hydroxylation is 2. The molecule has 3 unspecified atom stereocenters. The van der Waals surface area contributed by atoms with Crippen molar-refractivity contribution in [3.05, 3.63) is 34.9 Å². The maximum atomic E-state index is 11.2. The van der Waals surface area contributed by atoms with E-state index in [0.717, 1.165) is 42.4 Å². The van der Waals surface area contributed by atoms with Crippen LogP contribution in [0.3, 0.4) is 0 Å². The molecule has 2 rings (SSSR count). The topological polar surface area (TPSA) is 44.0 Å². The fraction of sp³-hybridized carbons (Fsp3) is 0.611. The lowest BCUT2D eigenvalue weighted by Crippen LogP contribution is -2.41. The summed E-state index contributed by atoms with van der Waals surface area (Å²) >= 11 is 0. The number of aliphatic hydroxyl groups is 1. The lowest BCUT2D eigenvalue weighted by atomic mass is 9.68. The van der Waals surface area contributed by atoms with Crippen LogP contribution in [-0.2, 0) is 5.60 Å². The molecular weight excluding hydrogens is 246 g/mol. The molecule has 0 heterocycles. The summed E-state index contributed by atoms with van der Waals surface area (Å²) in [5.41, 5.74) is 1.43. The van der Waals surface area contributed by atoms with Crippen molar-refractivity contribution in [1.82, 2.24) is 0 Å². The first-order valence-corrected chi connectivity index (χ1v) is 7.57. The number of hydrogen-bond donors (Lipinski definition) is 1. The van der Waals surface area contributed by atoms with Gasteiger partial charge in [0.1, 0.15) is 5.60 Å². The number of nitriles is 1. The van der Waals surface area contributed by atoms with Gasteiger partial charge in [0.15, 0.2) is 0 Å². The van der Waals surface area contributed by atoms with E-state index >= 15 is 0 Å². The van der Waals surface area contributed by atoms with E-state index in [9.17, 15) is 10.4 Å². The van der Waals surface area contributed by atoms with E-state index in [1.807, 2.05) is 32.9 Å². The van der Waals surface area contributed by atoms with Gasteiger partial charge in [-0.3, -0.25) is 0 Å². The summed E-state index contributed by atoms with van der Waals surface area (Å²) in [6.07, 6.45) is 3.74. The molecule has 2 heteroatoms. The zero-order valence-electron chi connectivity index (χ0n) is 13.0. The summed E-state index contributed by atoms with van der Waals surface area (Å²) in [7, 11) is 0. The first-order chi connectivity index (χ1) is 9.34. The minimum Gasteiger partial charge on any atom is -0.384 e. The van der Waals surface area contributed by atoms with E-state index in [0.29, 0.717) is 5.92 Å². The fourth-order valence-electron chi connectivity index (χ4n) is 3.68. The molecule has 0 radical (unpaired) electrons. The van der Waals surface area contributed by atoms with Crippen LogP contribution in [0.1, 0.15) is 56.2 Å². The highest BCUT2D eigenvalue weighted by atomic mass is 16.3. The normalized spacial score (nSPS) is 28.9. The summed E-state index contributed by atoms with van der Waals surface area (Å²) in [6, 6.07) is 8.61. The summed E-state index contributed by atoms with van der Waals surface area (Å²) in [6.45, 7) is 8.07. The highest BCUT2D eigenvalue weighted by molar-refractivity contribution is 5.35. The summed E-state index contributed by atoms with van der Waals surface area (Å²) in [5, 5.41) is 20.9. The van der Waals surface area contributed by atoms with Crippen molar-refractivity contribution in [1.29, 1.82) is 5.26 Å². The van der Waals surface area contributed by atoms with Crippen molar-refractivity contribution in [2.24, 2.45) is 11.3 Å². The molecule has 1 aliphatic rings. The minimum absolute atomic E-state index is 0.562. The maximum Gasteiger partial charge on any atom is 0.105 e. The van der Waals surface area contributed by atoms with Gasteiger partial charge in [-0.2, -0.15) is 5.26 Å². The van der Waals surface area contributed by atoms with E-state index < -0.39 is 11.0 Å². The van der Waals surface area contributed by atoms with Gasteiger partial charge in [0.05, 0.1) is 11.5 Å². The molecule has 0 amide bonds. The van der Waals surface area contributed by atoms with Crippen LogP contribution in [0, 0.1) is 36.5 Å². The summed E-state index contributed by atoms with van der Waals surface area (Å²) < 4.78 is 0. The predicted molar refractivity (Wildman–Crippen MR) is 81.2 cm³/mol. The van der Waals surface area contributed by atoms with Crippen LogP contribution < -0.4 is 0 Å². The average Bonchev–Trinajstić information content (AvgIpc) is 2.83. The zero-order chi connectivity index (χ0) is 15.0. The molecule has 0 aliphatic heterocycles. The second-order valence-electron chi connectivity index (χ2n) is 6.66. The molecule has 0 saturated heterocycles. The summed E-state index contributed by atoms with van der Waals surface area (Å²) in [4.78, 5) is 0. The monoisotopic (exact) mass is 271 g/mol. The Morgan fingerprint density at radius 3 is 2.40 bits per heavy atom. The molecule has 1 aliphatic carbocycles. The van der Waals surface area contributed by atoms with E-state index in [1.54, 1.807) is 0 Å². The summed E-state index contributed by atoms with van der Waals surface area (Å²) in [5.74, 6) is 0.562. The standard InChI is InChI=1S/C18H25NO/c1-5-15-6-7-18(11-15,12-19)17(4,20)16-9-13(2)8-14(3)10-16/h8-10,15,20H,5-7,11H2,1-4H3. The Labute approximate surface area is 122 Å². The molecule has 1 saturated carbocycles. The minimum atomic E-state index is -1.08. The number of benzene rings is 1. The quantitative estimate of drug-likeness (QED) is 0.894. The molecule has 2 nitrogen and oxygen atoms in total. The first kappa shape index (κ1) is 15.1. The van der Waals surface area contributed by atoms with Crippen LogP contribution in [0.5, 0.6) is 0 Å².